The van der Waals surface area contributed by atoms with E-state index in [4.69, 9.17) is 16.3 Å². The van der Waals surface area contributed by atoms with Gasteiger partial charge in [0.1, 0.15) is 5.75 Å². The molecule has 2 aliphatic heterocycles. The number of benzene rings is 2. The average molecular weight is 587 g/mol. The number of halogens is 1. The zero-order chi connectivity index (χ0) is 28.1. The Kier molecular flexibility index (Phi) is 7.55. The van der Waals surface area contributed by atoms with E-state index >= 15 is 0 Å². The summed E-state index contributed by atoms with van der Waals surface area (Å²) >= 11 is 6.37. The highest BCUT2D eigenvalue weighted by molar-refractivity contribution is 7.90. The summed E-state index contributed by atoms with van der Waals surface area (Å²) in [6.45, 7) is 3.62. The standard InChI is InChI=1S/C31H39ClN2O5S/c1-20-5-2-3-7-28(35)25-11-8-23(25)17-34-18-31(14-4-6-21-15-24(32)10-12-26(21)31)19-39-29-13-9-22(16-27(29)34)30(36)33-40(20,37)38/h9-10,12-13,15-16,20,23,25,28,35H,2-8,11,14,17-19H2,1H3,(H,33,36)/t20-,23-,25+,28-,31-/m0/s1. The van der Waals surface area contributed by atoms with Gasteiger partial charge in [0, 0.05) is 29.1 Å². The van der Waals surface area contributed by atoms with Crippen LogP contribution in [0.3, 0.4) is 0 Å². The van der Waals surface area contributed by atoms with Crippen molar-refractivity contribution >= 4 is 33.2 Å². The number of aliphatic hydroxyl groups excluding tert-OH is 1. The Morgan fingerprint density at radius 3 is 2.70 bits per heavy atom. The molecular weight excluding hydrogens is 548 g/mol. The minimum absolute atomic E-state index is 0.224. The molecule has 40 heavy (non-hydrogen) atoms. The van der Waals surface area contributed by atoms with Crippen LogP contribution in [0.4, 0.5) is 5.69 Å². The molecule has 2 heterocycles. The molecule has 216 valence electrons. The van der Waals surface area contributed by atoms with Crippen molar-refractivity contribution in [2.24, 2.45) is 11.8 Å². The number of amides is 1. The third-order valence-electron chi connectivity index (χ3n) is 9.85. The number of carbonyl (C=O) groups is 1. The van der Waals surface area contributed by atoms with Crippen molar-refractivity contribution in [3.63, 3.8) is 0 Å². The molecule has 1 spiro atoms. The lowest BCUT2D eigenvalue weighted by Gasteiger charge is -2.45. The number of ether oxygens (including phenoxy) is 1. The van der Waals surface area contributed by atoms with Crippen molar-refractivity contribution in [1.29, 1.82) is 0 Å². The van der Waals surface area contributed by atoms with Gasteiger partial charge in [-0.15, -0.1) is 0 Å². The van der Waals surface area contributed by atoms with E-state index < -0.39 is 21.2 Å². The maximum absolute atomic E-state index is 13.2. The maximum atomic E-state index is 13.2. The number of hydrogen-bond donors (Lipinski definition) is 2. The first-order valence-corrected chi connectivity index (χ1v) is 16.6. The van der Waals surface area contributed by atoms with Gasteiger partial charge >= 0.3 is 0 Å². The molecule has 9 heteroatoms. The number of nitrogens with one attached hydrogen (secondary N) is 1. The summed E-state index contributed by atoms with van der Waals surface area (Å²) in [5.74, 6) is 0.649. The molecule has 1 fully saturated rings. The molecule has 7 nitrogen and oxygen atoms in total. The van der Waals surface area contributed by atoms with Crippen LogP contribution in [0.1, 0.15) is 79.8 Å². The van der Waals surface area contributed by atoms with Gasteiger partial charge in [0.25, 0.3) is 5.91 Å². The van der Waals surface area contributed by atoms with Crippen LogP contribution in [0.25, 0.3) is 0 Å². The van der Waals surface area contributed by atoms with Gasteiger partial charge in [-0.1, -0.05) is 30.5 Å². The molecule has 2 aromatic rings. The number of carbonyl (C=O) groups excluding carboxylic acids is 1. The van der Waals surface area contributed by atoms with E-state index in [0.717, 1.165) is 55.8 Å². The average Bonchev–Trinajstić information content (AvgIpc) is 3.05. The zero-order valence-electron chi connectivity index (χ0n) is 23.1. The molecule has 4 aliphatic rings. The van der Waals surface area contributed by atoms with Crippen molar-refractivity contribution in [3.05, 3.63) is 58.1 Å². The smallest absolute Gasteiger partial charge is 0.264 e. The lowest BCUT2D eigenvalue weighted by Crippen LogP contribution is -2.49. The van der Waals surface area contributed by atoms with Gasteiger partial charge in [-0.3, -0.25) is 4.79 Å². The van der Waals surface area contributed by atoms with Gasteiger partial charge in [0.15, 0.2) is 0 Å². The van der Waals surface area contributed by atoms with Gasteiger partial charge in [-0.2, -0.15) is 0 Å². The van der Waals surface area contributed by atoms with Crippen LogP contribution in [0.2, 0.25) is 5.02 Å². The predicted octanol–water partition coefficient (Wildman–Crippen LogP) is 5.22. The van der Waals surface area contributed by atoms with Gasteiger partial charge in [0.05, 0.1) is 23.6 Å². The van der Waals surface area contributed by atoms with Crippen molar-refractivity contribution in [2.75, 3.05) is 24.6 Å². The van der Waals surface area contributed by atoms with E-state index in [1.807, 2.05) is 6.07 Å². The molecule has 2 aromatic carbocycles. The number of rotatable bonds is 0. The summed E-state index contributed by atoms with van der Waals surface area (Å²) in [6, 6.07) is 11.4. The molecule has 5 atom stereocenters. The van der Waals surface area contributed by atoms with Crippen molar-refractivity contribution in [1.82, 2.24) is 4.72 Å². The number of hydrogen-bond acceptors (Lipinski definition) is 6. The quantitative estimate of drug-likeness (QED) is 0.439. The van der Waals surface area contributed by atoms with Crippen LogP contribution < -0.4 is 14.4 Å². The first-order chi connectivity index (χ1) is 19.1. The summed E-state index contributed by atoms with van der Waals surface area (Å²) in [4.78, 5) is 15.6. The van der Waals surface area contributed by atoms with Crippen LogP contribution >= 0.6 is 11.6 Å². The second-order valence-corrected chi connectivity index (χ2v) is 15.0. The Balaban J connectivity index is 1.41. The normalized spacial score (nSPS) is 32.1. The van der Waals surface area contributed by atoms with Crippen molar-refractivity contribution in [2.45, 2.75) is 81.5 Å². The number of fused-ring (bicyclic) bond motifs is 4. The monoisotopic (exact) mass is 586 g/mol. The highest BCUT2D eigenvalue weighted by Gasteiger charge is 2.44. The second kappa shape index (κ2) is 10.8. The fourth-order valence-electron chi connectivity index (χ4n) is 7.31. The minimum atomic E-state index is -3.83. The van der Waals surface area contributed by atoms with Crippen LogP contribution in [-0.2, 0) is 21.9 Å². The van der Waals surface area contributed by atoms with Gasteiger partial charge in [0.2, 0.25) is 10.0 Å². The number of aryl methyl sites for hydroxylation is 1. The minimum Gasteiger partial charge on any atom is -0.490 e. The van der Waals surface area contributed by atoms with E-state index in [1.165, 1.54) is 11.1 Å². The fourth-order valence-corrected chi connectivity index (χ4v) is 8.56. The summed E-state index contributed by atoms with van der Waals surface area (Å²) in [5, 5.41) is 11.1. The molecule has 6 rings (SSSR count). The van der Waals surface area contributed by atoms with E-state index in [0.29, 0.717) is 49.6 Å². The summed E-state index contributed by atoms with van der Waals surface area (Å²) in [6.07, 6.45) is 7.25. The van der Waals surface area contributed by atoms with Crippen LogP contribution in [0.15, 0.2) is 36.4 Å². The first kappa shape index (κ1) is 27.9. The highest BCUT2D eigenvalue weighted by Crippen LogP contribution is 2.47. The van der Waals surface area contributed by atoms with Crippen molar-refractivity contribution < 1.29 is 23.1 Å². The summed E-state index contributed by atoms with van der Waals surface area (Å²) < 4.78 is 34.7. The topological polar surface area (TPSA) is 95.9 Å². The Morgan fingerprint density at radius 2 is 1.90 bits per heavy atom. The predicted molar refractivity (Wildman–Crippen MR) is 157 cm³/mol. The zero-order valence-corrected chi connectivity index (χ0v) is 24.6. The molecule has 2 bridgehead atoms. The number of aliphatic hydroxyl groups is 1. The van der Waals surface area contributed by atoms with Crippen LogP contribution in [-0.4, -0.2) is 50.5 Å². The van der Waals surface area contributed by atoms with Gasteiger partial charge in [-0.25, -0.2) is 13.1 Å². The van der Waals surface area contributed by atoms with E-state index in [9.17, 15) is 18.3 Å². The van der Waals surface area contributed by atoms with Crippen LogP contribution in [0, 0.1) is 11.8 Å². The van der Waals surface area contributed by atoms with E-state index in [1.54, 1.807) is 25.1 Å². The molecule has 2 N–H and O–H groups in total. The number of nitrogens with zero attached hydrogens (tertiary/aromatic N) is 1. The molecule has 1 amide bonds. The second-order valence-electron chi connectivity index (χ2n) is 12.4. The number of sulfonamides is 1. The summed E-state index contributed by atoms with van der Waals surface area (Å²) in [5.41, 5.74) is 3.40. The lowest BCUT2D eigenvalue weighted by atomic mass is 9.68. The summed E-state index contributed by atoms with van der Waals surface area (Å²) in [7, 11) is -3.83. The molecule has 1 saturated carbocycles. The van der Waals surface area contributed by atoms with E-state index in [2.05, 4.69) is 21.8 Å². The SMILES string of the molecule is C[C@H]1CCCC[C@H](O)[C@@H]2CC[C@H]2CN2C[C@@]3(CCCc4cc(Cl)ccc43)COc3ccc(cc32)C(=O)NS1(=O)=O. The fraction of sp³-hybridized carbons (Fsp3) is 0.581. The van der Waals surface area contributed by atoms with E-state index in [-0.39, 0.29) is 17.4 Å². The van der Waals surface area contributed by atoms with Gasteiger partial charge < -0.3 is 14.7 Å². The first-order valence-electron chi connectivity index (χ1n) is 14.7. The third kappa shape index (κ3) is 5.23. The largest absolute Gasteiger partial charge is 0.490 e. The molecule has 0 saturated heterocycles. The molecular formula is C31H39ClN2O5S. The Labute approximate surface area is 242 Å². The molecule has 2 aliphatic carbocycles. The molecule has 0 aromatic heterocycles. The highest BCUT2D eigenvalue weighted by atomic mass is 35.5. The molecule has 0 unspecified atom stereocenters. The van der Waals surface area contributed by atoms with Crippen molar-refractivity contribution in [3.8, 4) is 5.75 Å². The Bertz CT molecular complexity index is 1400. The lowest BCUT2D eigenvalue weighted by molar-refractivity contribution is 0.00904. The third-order valence-corrected chi connectivity index (χ3v) is 11.9. The maximum Gasteiger partial charge on any atom is 0.264 e. The number of anilines is 1. The Morgan fingerprint density at radius 1 is 1.07 bits per heavy atom. The van der Waals surface area contributed by atoms with Gasteiger partial charge in [-0.05, 0) is 105 Å². The molecule has 0 radical (unpaired) electrons. The Hall–Kier alpha value is -2.29. The van der Waals surface area contributed by atoms with Crippen LogP contribution in [0.5, 0.6) is 5.75 Å².